The van der Waals surface area contributed by atoms with Gasteiger partial charge in [0.05, 0.1) is 0 Å². The first kappa shape index (κ1) is 12.7. The fourth-order valence-electron chi connectivity index (χ4n) is 1.36. The predicted octanol–water partition coefficient (Wildman–Crippen LogP) is 2.36. The van der Waals surface area contributed by atoms with Gasteiger partial charge in [-0.25, -0.2) is 9.97 Å². The van der Waals surface area contributed by atoms with E-state index in [9.17, 15) is 13.2 Å². The number of aromatic nitrogens is 2. The Labute approximate surface area is 91.9 Å². The number of nitrogen functional groups attached to an aromatic ring is 1. The second-order valence-corrected chi connectivity index (χ2v) is 4.09. The minimum Gasteiger partial charge on any atom is -0.384 e. The molecule has 16 heavy (non-hydrogen) atoms. The molecule has 0 fully saturated rings. The van der Waals surface area contributed by atoms with E-state index in [0.29, 0.717) is 18.0 Å². The summed E-state index contributed by atoms with van der Waals surface area (Å²) in [6.45, 7) is 3.92. The van der Waals surface area contributed by atoms with Crippen LogP contribution < -0.4 is 5.73 Å². The van der Waals surface area contributed by atoms with Gasteiger partial charge in [-0.2, -0.15) is 13.2 Å². The van der Waals surface area contributed by atoms with Crippen molar-refractivity contribution in [1.82, 2.24) is 9.97 Å². The average Bonchev–Trinajstić information content (AvgIpc) is 1.96. The highest BCUT2D eigenvalue weighted by Gasteiger charge is 2.29. The van der Waals surface area contributed by atoms with Gasteiger partial charge in [-0.05, 0) is 12.3 Å². The summed E-state index contributed by atoms with van der Waals surface area (Å²) in [6.07, 6.45) is -4.84. The van der Waals surface area contributed by atoms with E-state index in [-0.39, 0.29) is 11.6 Å². The van der Waals surface area contributed by atoms with E-state index >= 15 is 0 Å². The van der Waals surface area contributed by atoms with Gasteiger partial charge in [0.25, 0.3) is 0 Å². The normalized spacial score (nSPS) is 12.1. The average molecular weight is 233 g/mol. The second-order valence-electron chi connectivity index (χ2n) is 4.09. The van der Waals surface area contributed by atoms with Crippen molar-refractivity contribution in [1.29, 1.82) is 0 Å². The maximum absolute atomic E-state index is 12.1. The second kappa shape index (κ2) is 4.67. The summed E-state index contributed by atoms with van der Waals surface area (Å²) >= 11 is 0. The molecule has 0 aromatic carbocycles. The van der Waals surface area contributed by atoms with Crippen LogP contribution in [0.15, 0.2) is 6.07 Å². The standard InChI is InChI=1S/C10H14F3N3/c1-6(2)3-7-4-8(14)16-9(15-7)5-10(11,12)13/h4,6H,3,5H2,1-2H3,(H2,14,15,16). The van der Waals surface area contributed by atoms with Gasteiger partial charge in [0.1, 0.15) is 18.1 Å². The van der Waals surface area contributed by atoms with Crippen LogP contribution in [0.1, 0.15) is 25.4 Å². The molecule has 1 heterocycles. The van der Waals surface area contributed by atoms with E-state index in [1.165, 1.54) is 6.07 Å². The topological polar surface area (TPSA) is 51.8 Å². The van der Waals surface area contributed by atoms with Crippen LogP contribution in [0.25, 0.3) is 0 Å². The molecule has 0 atom stereocenters. The highest BCUT2D eigenvalue weighted by Crippen LogP contribution is 2.20. The van der Waals surface area contributed by atoms with Gasteiger partial charge in [0, 0.05) is 11.8 Å². The largest absolute Gasteiger partial charge is 0.396 e. The number of nitrogens with two attached hydrogens (primary N) is 1. The van der Waals surface area contributed by atoms with Crippen LogP contribution in [0.2, 0.25) is 0 Å². The molecule has 2 N–H and O–H groups in total. The van der Waals surface area contributed by atoms with Crippen molar-refractivity contribution in [2.45, 2.75) is 32.9 Å². The lowest BCUT2D eigenvalue weighted by molar-refractivity contribution is -0.128. The lowest BCUT2D eigenvalue weighted by Crippen LogP contribution is -2.16. The Balaban J connectivity index is 2.90. The zero-order chi connectivity index (χ0) is 12.3. The van der Waals surface area contributed by atoms with Crippen molar-refractivity contribution < 1.29 is 13.2 Å². The summed E-state index contributed by atoms with van der Waals surface area (Å²) in [5, 5.41) is 0. The first-order chi connectivity index (χ1) is 7.26. The van der Waals surface area contributed by atoms with Crippen molar-refractivity contribution >= 4 is 5.82 Å². The Morgan fingerprint density at radius 2 is 1.94 bits per heavy atom. The summed E-state index contributed by atoms with van der Waals surface area (Å²) in [5.41, 5.74) is 5.99. The summed E-state index contributed by atoms with van der Waals surface area (Å²) in [7, 11) is 0. The Bertz CT molecular complexity index is 361. The monoisotopic (exact) mass is 233 g/mol. The molecule has 0 aliphatic carbocycles. The van der Waals surface area contributed by atoms with Gasteiger partial charge in [-0.3, -0.25) is 0 Å². The number of hydrogen-bond acceptors (Lipinski definition) is 3. The van der Waals surface area contributed by atoms with Gasteiger partial charge < -0.3 is 5.73 Å². The van der Waals surface area contributed by atoms with Crippen molar-refractivity contribution in [2.75, 3.05) is 5.73 Å². The van der Waals surface area contributed by atoms with E-state index in [2.05, 4.69) is 9.97 Å². The van der Waals surface area contributed by atoms with E-state index < -0.39 is 12.6 Å². The molecule has 0 saturated heterocycles. The molecule has 0 spiro atoms. The van der Waals surface area contributed by atoms with Gasteiger partial charge in [0.2, 0.25) is 0 Å². The SMILES string of the molecule is CC(C)Cc1cc(N)nc(CC(F)(F)F)n1. The van der Waals surface area contributed by atoms with E-state index in [1.807, 2.05) is 13.8 Å². The van der Waals surface area contributed by atoms with Crippen molar-refractivity contribution in [3.8, 4) is 0 Å². The minimum atomic E-state index is -4.30. The molecule has 3 nitrogen and oxygen atoms in total. The molecular weight excluding hydrogens is 219 g/mol. The molecule has 1 aromatic heterocycles. The molecule has 0 bridgehead atoms. The molecule has 0 amide bonds. The molecule has 90 valence electrons. The van der Waals surface area contributed by atoms with Gasteiger partial charge in [-0.15, -0.1) is 0 Å². The molecule has 6 heteroatoms. The summed E-state index contributed by atoms with van der Waals surface area (Å²) < 4.78 is 36.4. The number of nitrogens with zero attached hydrogens (tertiary/aromatic N) is 2. The van der Waals surface area contributed by atoms with E-state index in [1.54, 1.807) is 0 Å². The fourth-order valence-corrected chi connectivity index (χ4v) is 1.36. The molecule has 0 unspecified atom stereocenters. The van der Waals surface area contributed by atoms with Gasteiger partial charge in [-0.1, -0.05) is 13.8 Å². The highest BCUT2D eigenvalue weighted by molar-refractivity contribution is 5.30. The first-order valence-corrected chi connectivity index (χ1v) is 4.95. The minimum absolute atomic E-state index is 0.0879. The van der Waals surface area contributed by atoms with Crippen LogP contribution in [-0.4, -0.2) is 16.1 Å². The predicted molar refractivity (Wildman–Crippen MR) is 54.7 cm³/mol. The number of anilines is 1. The Kier molecular flexibility index (Phi) is 3.72. The number of halogens is 3. The number of hydrogen-bond donors (Lipinski definition) is 1. The zero-order valence-corrected chi connectivity index (χ0v) is 9.17. The quantitative estimate of drug-likeness (QED) is 0.871. The van der Waals surface area contributed by atoms with Crippen LogP contribution in [0, 0.1) is 5.92 Å². The van der Waals surface area contributed by atoms with Crippen LogP contribution in [0.3, 0.4) is 0 Å². The zero-order valence-electron chi connectivity index (χ0n) is 9.17. The highest BCUT2D eigenvalue weighted by atomic mass is 19.4. The molecule has 0 aliphatic rings. The lowest BCUT2D eigenvalue weighted by Gasteiger charge is -2.09. The van der Waals surface area contributed by atoms with Crippen molar-refractivity contribution in [2.24, 2.45) is 5.92 Å². The summed E-state index contributed by atoms with van der Waals surface area (Å²) in [6, 6.07) is 1.51. The van der Waals surface area contributed by atoms with Gasteiger partial charge >= 0.3 is 6.18 Å². The summed E-state index contributed by atoms with van der Waals surface area (Å²) in [4.78, 5) is 7.42. The maximum Gasteiger partial charge on any atom is 0.396 e. The third kappa shape index (κ3) is 4.46. The van der Waals surface area contributed by atoms with Crippen LogP contribution >= 0.6 is 0 Å². The van der Waals surface area contributed by atoms with E-state index in [0.717, 1.165) is 0 Å². The lowest BCUT2D eigenvalue weighted by atomic mass is 10.1. The first-order valence-electron chi connectivity index (χ1n) is 4.95. The molecule has 0 radical (unpaired) electrons. The van der Waals surface area contributed by atoms with Crippen molar-refractivity contribution in [3.63, 3.8) is 0 Å². The smallest absolute Gasteiger partial charge is 0.384 e. The summed E-state index contributed by atoms with van der Waals surface area (Å²) in [5.74, 6) is 0.140. The van der Waals surface area contributed by atoms with E-state index in [4.69, 9.17) is 5.73 Å². The molecule has 0 aliphatic heterocycles. The van der Waals surface area contributed by atoms with Crippen LogP contribution in [-0.2, 0) is 12.8 Å². The Morgan fingerprint density at radius 3 is 2.44 bits per heavy atom. The third-order valence-electron chi connectivity index (χ3n) is 1.82. The fraction of sp³-hybridized carbons (Fsp3) is 0.600. The molecule has 1 aromatic rings. The van der Waals surface area contributed by atoms with Gasteiger partial charge in [0.15, 0.2) is 0 Å². The molecule has 0 saturated carbocycles. The number of rotatable bonds is 3. The van der Waals surface area contributed by atoms with Crippen LogP contribution in [0.5, 0.6) is 0 Å². The number of alkyl halides is 3. The molecule has 1 rings (SSSR count). The Hall–Kier alpha value is -1.33. The third-order valence-corrected chi connectivity index (χ3v) is 1.82. The Morgan fingerprint density at radius 1 is 1.31 bits per heavy atom. The maximum atomic E-state index is 12.1. The van der Waals surface area contributed by atoms with Crippen molar-refractivity contribution in [3.05, 3.63) is 17.6 Å². The van der Waals surface area contributed by atoms with Crippen LogP contribution in [0.4, 0.5) is 19.0 Å². The molecular formula is C10H14F3N3.